The number of benzene rings is 1. The quantitative estimate of drug-likeness (QED) is 0.240. The Hall–Kier alpha value is -4.38. The van der Waals surface area contributed by atoms with Gasteiger partial charge in [-0.15, -0.1) is 0 Å². The Balaban J connectivity index is 1.35. The number of nitrogens with one attached hydrogen (secondary N) is 3. The Morgan fingerprint density at radius 3 is 2.77 bits per heavy atom. The van der Waals surface area contributed by atoms with Crippen molar-refractivity contribution in [3.63, 3.8) is 0 Å². The molecule has 0 spiro atoms. The SMILES string of the molecule is O=C(C=CC(=O)Nc1cc2c(Nc3ccc(F)c(Cl)c3)ncnc2cn1)NCCCn1ccnc1. The van der Waals surface area contributed by atoms with Crippen LogP contribution < -0.4 is 16.0 Å². The lowest BCUT2D eigenvalue weighted by molar-refractivity contribution is -0.117. The molecule has 0 aliphatic heterocycles. The number of amides is 2. The van der Waals surface area contributed by atoms with E-state index in [1.165, 1.54) is 30.7 Å². The van der Waals surface area contributed by atoms with E-state index in [9.17, 15) is 14.0 Å². The van der Waals surface area contributed by atoms with E-state index in [1.54, 1.807) is 18.6 Å². The van der Waals surface area contributed by atoms with Crippen LogP contribution in [0.2, 0.25) is 5.02 Å². The summed E-state index contributed by atoms with van der Waals surface area (Å²) >= 11 is 5.85. The molecular formula is C23H20ClFN8O2. The maximum absolute atomic E-state index is 13.4. The third-order valence-electron chi connectivity index (χ3n) is 4.79. The van der Waals surface area contributed by atoms with Crippen LogP contribution in [0.1, 0.15) is 6.42 Å². The van der Waals surface area contributed by atoms with Crippen molar-refractivity contribution in [2.45, 2.75) is 13.0 Å². The average molecular weight is 495 g/mol. The van der Waals surface area contributed by atoms with Crippen LogP contribution in [-0.2, 0) is 16.1 Å². The summed E-state index contributed by atoms with van der Waals surface area (Å²) in [5, 5.41) is 8.91. The molecular weight excluding hydrogens is 475 g/mol. The Bertz CT molecular complexity index is 1380. The molecule has 4 rings (SSSR count). The predicted octanol–water partition coefficient (Wildman–Crippen LogP) is 3.46. The molecule has 0 saturated heterocycles. The number of fused-ring (bicyclic) bond motifs is 1. The van der Waals surface area contributed by atoms with Crippen LogP contribution in [0.3, 0.4) is 0 Å². The lowest BCUT2D eigenvalue weighted by atomic mass is 10.2. The van der Waals surface area contributed by atoms with Crippen LogP contribution in [0.25, 0.3) is 10.9 Å². The number of carbonyl (C=O) groups is 2. The number of carbonyl (C=O) groups excluding carboxylic acids is 2. The van der Waals surface area contributed by atoms with Gasteiger partial charge >= 0.3 is 0 Å². The van der Waals surface area contributed by atoms with Crippen LogP contribution in [0.15, 0.2) is 67.7 Å². The average Bonchev–Trinajstić information content (AvgIpc) is 3.37. The van der Waals surface area contributed by atoms with Crippen molar-refractivity contribution in [2.24, 2.45) is 0 Å². The molecule has 2 amide bonds. The first-order chi connectivity index (χ1) is 17.0. The molecule has 0 aliphatic carbocycles. The maximum atomic E-state index is 13.4. The summed E-state index contributed by atoms with van der Waals surface area (Å²) < 4.78 is 15.4. The number of imidazole rings is 1. The highest BCUT2D eigenvalue weighted by atomic mass is 35.5. The van der Waals surface area contributed by atoms with E-state index >= 15 is 0 Å². The number of anilines is 3. The van der Waals surface area contributed by atoms with Crippen molar-refractivity contribution in [1.29, 1.82) is 0 Å². The van der Waals surface area contributed by atoms with Gasteiger partial charge in [0.2, 0.25) is 11.8 Å². The third-order valence-corrected chi connectivity index (χ3v) is 5.08. The molecule has 0 aliphatic rings. The predicted molar refractivity (Wildman–Crippen MR) is 130 cm³/mol. The first kappa shape index (κ1) is 23.8. The van der Waals surface area contributed by atoms with Crippen LogP contribution in [0.5, 0.6) is 0 Å². The fraction of sp³-hybridized carbons (Fsp3) is 0.130. The Kier molecular flexibility index (Phi) is 7.58. The zero-order valence-corrected chi connectivity index (χ0v) is 19.0. The number of nitrogens with zero attached hydrogens (tertiary/aromatic N) is 5. The fourth-order valence-corrected chi connectivity index (χ4v) is 3.29. The number of aryl methyl sites for hydroxylation is 1. The first-order valence-electron chi connectivity index (χ1n) is 10.5. The summed E-state index contributed by atoms with van der Waals surface area (Å²) in [7, 11) is 0. The smallest absolute Gasteiger partial charge is 0.249 e. The summed E-state index contributed by atoms with van der Waals surface area (Å²) in [4.78, 5) is 40.7. The minimum absolute atomic E-state index is 0.0306. The molecule has 0 atom stereocenters. The highest BCUT2D eigenvalue weighted by Gasteiger charge is 2.09. The maximum Gasteiger partial charge on any atom is 0.249 e. The molecule has 10 nitrogen and oxygen atoms in total. The van der Waals surface area contributed by atoms with Gasteiger partial charge < -0.3 is 20.5 Å². The van der Waals surface area contributed by atoms with Crippen LogP contribution in [0, 0.1) is 5.82 Å². The summed E-state index contributed by atoms with van der Waals surface area (Å²) in [5.74, 6) is -0.781. The zero-order valence-electron chi connectivity index (χ0n) is 18.3. The summed E-state index contributed by atoms with van der Waals surface area (Å²) in [5.41, 5.74) is 1.05. The van der Waals surface area contributed by atoms with E-state index in [1.807, 2.05) is 10.8 Å². The van der Waals surface area contributed by atoms with Gasteiger partial charge in [-0.2, -0.15) is 0 Å². The van der Waals surface area contributed by atoms with Gasteiger partial charge in [0, 0.05) is 48.7 Å². The van der Waals surface area contributed by atoms with Crippen molar-refractivity contribution in [2.75, 3.05) is 17.2 Å². The van der Waals surface area contributed by atoms with Crippen molar-refractivity contribution in [3.8, 4) is 0 Å². The molecule has 4 aromatic rings. The standard InChI is InChI=1S/C23H20ClFN8O2/c24-17-10-15(2-3-18(17)25)31-23-16-11-20(28-12-19(16)29-13-30-23)32-22(35)5-4-21(34)27-6-1-8-33-9-7-26-14-33/h2-5,7,9-14H,1,6,8H2,(H,27,34)(H,28,32,35)(H,29,30,31). The largest absolute Gasteiger partial charge is 0.352 e. The number of hydrogen-bond donors (Lipinski definition) is 3. The van der Waals surface area contributed by atoms with Crippen LogP contribution in [0.4, 0.5) is 21.7 Å². The minimum atomic E-state index is -0.532. The summed E-state index contributed by atoms with van der Waals surface area (Å²) in [6.45, 7) is 1.19. The summed E-state index contributed by atoms with van der Waals surface area (Å²) in [6, 6.07) is 5.78. The Morgan fingerprint density at radius 2 is 1.97 bits per heavy atom. The molecule has 12 heteroatoms. The van der Waals surface area contributed by atoms with E-state index in [0.717, 1.165) is 25.1 Å². The molecule has 3 aromatic heterocycles. The second-order valence-electron chi connectivity index (χ2n) is 7.33. The summed E-state index contributed by atoms with van der Waals surface area (Å²) in [6.07, 6.45) is 11.1. The van der Waals surface area contributed by atoms with Gasteiger partial charge in [0.25, 0.3) is 0 Å². The third kappa shape index (κ3) is 6.58. The van der Waals surface area contributed by atoms with E-state index in [-0.39, 0.29) is 16.7 Å². The molecule has 3 N–H and O–H groups in total. The topological polar surface area (TPSA) is 127 Å². The van der Waals surface area contributed by atoms with E-state index in [4.69, 9.17) is 11.6 Å². The minimum Gasteiger partial charge on any atom is -0.352 e. The van der Waals surface area contributed by atoms with Gasteiger partial charge in [0.1, 0.15) is 23.8 Å². The van der Waals surface area contributed by atoms with E-state index < -0.39 is 11.7 Å². The van der Waals surface area contributed by atoms with Crippen LogP contribution in [-0.4, -0.2) is 42.9 Å². The number of halogens is 2. The lowest BCUT2D eigenvalue weighted by Crippen LogP contribution is -2.23. The molecule has 3 heterocycles. The van der Waals surface area contributed by atoms with Gasteiger partial charge in [-0.05, 0) is 30.7 Å². The van der Waals surface area contributed by atoms with Gasteiger partial charge in [0.15, 0.2) is 0 Å². The molecule has 178 valence electrons. The molecule has 35 heavy (non-hydrogen) atoms. The van der Waals surface area contributed by atoms with Crippen LogP contribution >= 0.6 is 11.6 Å². The number of rotatable bonds is 9. The molecule has 0 saturated carbocycles. The highest BCUT2D eigenvalue weighted by Crippen LogP contribution is 2.26. The number of aromatic nitrogens is 5. The van der Waals surface area contributed by atoms with Crippen molar-refractivity contribution >= 4 is 51.6 Å². The highest BCUT2D eigenvalue weighted by molar-refractivity contribution is 6.31. The van der Waals surface area contributed by atoms with E-state index in [0.29, 0.717) is 29.0 Å². The normalized spacial score (nSPS) is 11.0. The Labute approximate surface area is 204 Å². The van der Waals surface area contributed by atoms with Gasteiger partial charge in [-0.25, -0.2) is 24.3 Å². The van der Waals surface area contributed by atoms with Crippen molar-refractivity contribution in [1.82, 2.24) is 29.8 Å². The Morgan fingerprint density at radius 1 is 1.11 bits per heavy atom. The second-order valence-corrected chi connectivity index (χ2v) is 7.74. The molecule has 0 unspecified atom stereocenters. The van der Waals surface area contributed by atoms with Crippen molar-refractivity contribution < 1.29 is 14.0 Å². The molecule has 1 aromatic carbocycles. The molecule has 0 fully saturated rings. The lowest BCUT2D eigenvalue weighted by Gasteiger charge is -2.10. The van der Waals surface area contributed by atoms with Gasteiger partial charge in [-0.1, -0.05) is 11.6 Å². The molecule has 0 radical (unpaired) electrons. The van der Waals surface area contributed by atoms with Crippen molar-refractivity contribution in [3.05, 3.63) is 78.5 Å². The van der Waals surface area contributed by atoms with Gasteiger partial charge in [-0.3, -0.25) is 9.59 Å². The number of pyridine rings is 1. The zero-order chi connectivity index (χ0) is 24.6. The second kappa shape index (κ2) is 11.2. The first-order valence-corrected chi connectivity index (χ1v) is 10.9. The number of hydrogen-bond acceptors (Lipinski definition) is 7. The molecule has 0 bridgehead atoms. The van der Waals surface area contributed by atoms with Gasteiger partial charge in [0.05, 0.1) is 23.1 Å². The fourth-order valence-electron chi connectivity index (χ4n) is 3.11. The van der Waals surface area contributed by atoms with E-state index in [2.05, 4.69) is 35.9 Å². The monoisotopic (exact) mass is 494 g/mol.